The first-order chi connectivity index (χ1) is 10.9. The van der Waals surface area contributed by atoms with Crippen molar-refractivity contribution in [2.75, 3.05) is 19.8 Å². The van der Waals surface area contributed by atoms with Crippen LogP contribution in [0.1, 0.15) is 25.7 Å². The van der Waals surface area contributed by atoms with Gasteiger partial charge in [0.15, 0.2) is 0 Å². The van der Waals surface area contributed by atoms with Gasteiger partial charge in [0, 0.05) is 25.2 Å². The molecule has 1 aromatic heterocycles. The smallest absolute Gasteiger partial charge is 0.253 e. The molecule has 1 unspecified atom stereocenters. The highest BCUT2D eigenvalue weighted by Crippen LogP contribution is 2.46. The predicted octanol–water partition coefficient (Wildman–Crippen LogP) is 1.84. The van der Waals surface area contributed by atoms with E-state index in [1.54, 1.807) is 6.07 Å². The minimum atomic E-state index is -3.78. The van der Waals surface area contributed by atoms with E-state index in [9.17, 15) is 13.2 Å². The lowest BCUT2D eigenvalue weighted by molar-refractivity contribution is -0.132. The fourth-order valence-electron chi connectivity index (χ4n) is 3.71. The summed E-state index contributed by atoms with van der Waals surface area (Å²) in [6.07, 6.45) is 2.80. The minimum absolute atomic E-state index is 0.151. The maximum absolute atomic E-state index is 13.0. The van der Waals surface area contributed by atoms with Crippen molar-refractivity contribution < 1.29 is 17.9 Å². The monoisotopic (exact) mass is 378 g/mol. The van der Waals surface area contributed by atoms with Gasteiger partial charge in [0.2, 0.25) is 5.91 Å². The number of piperidine rings is 1. The molecule has 3 rings (SSSR count). The summed E-state index contributed by atoms with van der Waals surface area (Å²) >= 11 is 6.87. The van der Waals surface area contributed by atoms with Crippen LogP contribution in [0.2, 0.25) is 4.34 Å². The number of hydrogen-bond donors (Lipinski definition) is 1. The fourth-order valence-corrected chi connectivity index (χ4v) is 7.05. The Morgan fingerprint density at radius 3 is 2.61 bits per heavy atom. The summed E-state index contributed by atoms with van der Waals surface area (Å²) in [7, 11) is -3.78. The minimum Gasteiger partial charge on any atom is -0.381 e. The van der Waals surface area contributed by atoms with Crippen LogP contribution in [0.3, 0.4) is 0 Å². The first kappa shape index (κ1) is 17.2. The quantitative estimate of drug-likeness (QED) is 0.868. The molecule has 0 aliphatic carbocycles. The SMILES string of the molecule is NC(=O)C1N(S(=O)(=O)c2ccc(Cl)s2)CCCC12CCOCC2. The first-order valence-electron chi connectivity index (χ1n) is 7.51. The molecule has 2 aliphatic rings. The lowest BCUT2D eigenvalue weighted by Crippen LogP contribution is -2.61. The van der Waals surface area contributed by atoms with E-state index in [-0.39, 0.29) is 4.21 Å². The van der Waals surface area contributed by atoms with Gasteiger partial charge in [-0.1, -0.05) is 11.6 Å². The second-order valence-corrected chi connectivity index (χ2v) is 9.89. The van der Waals surface area contributed by atoms with Crippen LogP contribution < -0.4 is 5.73 Å². The standard InChI is InChI=1S/C14H19ClN2O4S2/c15-10-2-3-11(22-10)23(19,20)17-7-1-4-14(12(17)13(16)18)5-8-21-9-6-14/h2-3,12H,1,4-9H2,(H2,16,18). The first-order valence-corrected chi connectivity index (χ1v) is 10.1. The molecule has 2 saturated heterocycles. The van der Waals surface area contributed by atoms with Crippen LogP contribution in [0.4, 0.5) is 0 Å². The van der Waals surface area contributed by atoms with Gasteiger partial charge in [-0.3, -0.25) is 4.79 Å². The van der Waals surface area contributed by atoms with Crippen LogP contribution in [-0.2, 0) is 19.6 Å². The molecule has 6 nitrogen and oxygen atoms in total. The Hall–Kier alpha value is -0.670. The van der Waals surface area contributed by atoms with Crippen LogP contribution in [0.15, 0.2) is 16.3 Å². The summed E-state index contributed by atoms with van der Waals surface area (Å²) in [5, 5.41) is 0. The summed E-state index contributed by atoms with van der Waals surface area (Å²) in [5.41, 5.74) is 5.21. The van der Waals surface area contributed by atoms with Crippen LogP contribution in [-0.4, -0.2) is 44.4 Å². The van der Waals surface area contributed by atoms with Crippen molar-refractivity contribution >= 4 is 38.9 Å². The average molecular weight is 379 g/mol. The highest BCUT2D eigenvalue weighted by molar-refractivity contribution is 7.91. The number of rotatable bonds is 3. The van der Waals surface area contributed by atoms with E-state index in [0.29, 0.717) is 43.4 Å². The topological polar surface area (TPSA) is 89.7 Å². The zero-order valence-electron chi connectivity index (χ0n) is 12.5. The van der Waals surface area contributed by atoms with E-state index in [1.165, 1.54) is 10.4 Å². The van der Waals surface area contributed by atoms with Crippen LogP contribution in [0, 0.1) is 5.41 Å². The Kier molecular flexibility index (Phi) is 4.72. The van der Waals surface area contributed by atoms with Gasteiger partial charge in [0.05, 0.1) is 4.34 Å². The maximum Gasteiger partial charge on any atom is 0.253 e. The molecular weight excluding hydrogens is 360 g/mol. The number of halogens is 1. The van der Waals surface area contributed by atoms with E-state index in [1.807, 2.05) is 0 Å². The Balaban J connectivity index is 2.01. The molecule has 0 bridgehead atoms. The number of sulfonamides is 1. The van der Waals surface area contributed by atoms with Crippen molar-refractivity contribution in [1.82, 2.24) is 4.31 Å². The highest BCUT2D eigenvalue weighted by Gasteiger charge is 2.52. The third kappa shape index (κ3) is 3.02. The maximum atomic E-state index is 13.0. The van der Waals surface area contributed by atoms with Gasteiger partial charge in [-0.2, -0.15) is 4.31 Å². The van der Waals surface area contributed by atoms with Crippen molar-refractivity contribution in [2.45, 2.75) is 35.9 Å². The molecule has 128 valence electrons. The van der Waals surface area contributed by atoms with Crippen molar-refractivity contribution in [1.29, 1.82) is 0 Å². The van der Waals surface area contributed by atoms with Gasteiger partial charge >= 0.3 is 0 Å². The van der Waals surface area contributed by atoms with E-state index in [2.05, 4.69) is 0 Å². The van der Waals surface area contributed by atoms with Crippen molar-refractivity contribution in [2.24, 2.45) is 11.1 Å². The van der Waals surface area contributed by atoms with Gasteiger partial charge in [-0.25, -0.2) is 8.42 Å². The molecule has 9 heteroatoms. The van der Waals surface area contributed by atoms with Gasteiger partial charge in [-0.15, -0.1) is 11.3 Å². The number of nitrogens with zero attached hydrogens (tertiary/aromatic N) is 1. The molecule has 3 heterocycles. The van der Waals surface area contributed by atoms with Gasteiger partial charge in [0.1, 0.15) is 10.3 Å². The van der Waals surface area contributed by atoms with E-state index in [4.69, 9.17) is 22.1 Å². The Morgan fingerprint density at radius 1 is 1.35 bits per heavy atom. The number of amides is 1. The molecule has 0 radical (unpaired) electrons. The van der Waals surface area contributed by atoms with E-state index in [0.717, 1.165) is 17.8 Å². The average Bonchev–Trinajstić information content (AvgIpc) is 2.95. The summed E-state index contributed by atoms with van der Waals surface area (Å²) in [6.45, 7) is 1.36. The molecule has 23 heavy (non-hydrogen) atoms. The van der Waals surface area contributed by atoms with E-state index < -0.39 is 27.4 Å². The summed E-state index contributed by atoms with van der Waals surface area (Å²) < 4.78 is 33.2. The number of carbonyl (C=O) groups is 1. The third-order valence-corrected chi connectivity index (χ3v) is 8.35. The fraction of sp³-hybridized carbons (Fsp3) is 0.643. The summed E-state index contributed by atoms with van der Waals surface area (Å²) in [5.74, 6) is -0.585. The van der Waals surface area contributed by atoms with Crippen LogP contribution >= 0.6 is 22.9 Å². The number of ether oxygens (including phenoxy) is 1. The molecule has 1 atom stereocenters. The number of carbonyl (C=O) groups excluding carboxylic acids is 1. The molecule has 0 aromatic carbocycles. The van der Waals surface area contributed by atoms with Crippen molar-refractivity contribution in [3.8, 4) is 0 Å². The number of nitrogens with two attached hydrogens (primary N) is 1. The lowest BCUT2D eigenvalue weighted by atomic mass is 9.68. The molecule has 1 aromatic rings. The molecular formula is C14H19ClN2O4S2. The normalized spacial score (nSPS) is 25.5. The lowest BCUT2D eigenvalue weighted by Gasteiger charge is -2.49. The molecule has 1 amide bonds. The van der Waals surface area contributed by atoms with Crippen molar-refractivity contribution in [3.63, 3.8) is 0 Å². The molecule has 2 fully saturated rings. The number of hydrogen-bond acceptors (Lipinski definition) is 5. The molecule has 1 spiro atoms. The van der Waals surface area contributed by atoms with Gasteiger partial charge in [-0.05, 0) is 37.8 Å². The van der Waals surface area contributed by atoms with Gasteiger partial charge in [0.25, 0.3) is 10.0 Å². The zero-order chi connectivity index (χ0) is 16.7. The van der Waals surface area contributed by atoms with E-state index >= 15 is 0 Å². The molecule has 2 N–H and O–H groups in total. The molecule has 2 aliphatic heterocycles. The zero-order valence-corrected chi connectivity index (χ0v) is 14.9. The second kappa shape index (κ2) is 6.33. The summed E-state index contributed by atoms with van der Waals surface area (Å²) in [6, 6.07) is 2.20. The Morgan fingerprint density at radius 2 is 2.04 bits per heavy atom. The predicted molar refractivity (Wildman–Crippen MR) is 87.9 cm³/mol. The van der Waals surface area contributed by atoms with Gasteiger partial charge < -0.3 is 10.5 Å². The third-order valence-electron chi connectivity index (χ3n) is 4.79. The number of thiophene rings is 1. The largest absolute Gasteiger partial charge is 0.381 e. The van der Waals surface area contributed by atoms with Crippen LogP contribution in [0.25, 0.3) is 0 Å². The molecule has 0 saturated carbocycles. The van der Waals surface area contributed by atoms with Crippen molar-refractivity contribution in [3.05, 3.63) is 16.5 Å². The highest BCUT2D eigenvalue weighted by atomic mass is 35.5. The second-order valence-electron chi connectivity index (χ2n) is 6.06. The number of primary amides is 1. The Bertz CT molecular complexity index is 692. The summed E-state index contributed by atoms with van der Waals surface area (Å²) in [4.78, 5) is 12.2. The van der Waals surface area contributed by atoms with Crippen LogP contribution in [0.5, 0.6) is 0 Å². The Labute approximate surface area is 144 Å².